The summed E-state index contributed by atoms with van der Waals surface area (Å²) in [5, 5.41) is 0. The number of hydrogen-bond acceptors (Lipinski definition) is 2. The number of rotatable bonds is 3. The summed E-state index contributed by atoms with van der Waals surface area (Å²) in [6, 6.07) is 4.25. The fourth-order valence-electron chi connectivity index (χ4n) is 1.15. The van der Waals surface area contributed by atoms with Gasteiger partial charge in [-0.15, -0.1) is 0 Å². The smallest absolute Gasteiger partial charge is 0.137 e. The lowest BCUT2D eigenvalue weighted by molar-refractivity contribution is -0.108. The van der Waals surface area contributed by atoms with Crippen LogP contribution in [0, 0.1) is 12.7 Å². The van der Waals surface area contributed by atoms with Gasteiger partial charge in [0.2, 0.25) is 0 Å². The van der Waals surface area contributed by atoms with E-state index >= 15 is 0 Å². The lowest BCUT2D eigenvalue weighted by Gasteiger charge is -2.05. The third-order valence-corrected chi connectivity index (χ3v) is 1.87. The van der Waals surface area contributed by atoms with Crippen LogP contribution in [0.5, 0.6) is 0 Å². The van der Waals surface area contributed by atoms with Crippen molar-refractivity contribution in [3.63, 3.8) is 0 Å². The molecule has 1 atom stereocenters. The first-order valence-corrected chi connectivity index (χ1v) is 4.09. The van der Waals surface area contributed by atoms with Crippen LogP contribution in [0.25, 0.3) is 0 Å². The molecule has 0 unspecified atom stereocenters. The maximum absolute atomic E-state index is 12.8. The minimum Gasteiger partial charge on any atom is -0.321 e. The monoisotopic (exact) mass is 181 g/mol. The molecule has 1 rings (SSSR count). The maximum Gasteiger partial charge on any atom is 0.137 e. The predicted molar refractivity (Wildman–Crippen MR) is 48.9 cm³/mol. The normalized spacial score (nSPS) is 12.5. The topological polar surface area (TPSA) is 43.1 Å². The van der Waals surface area contributed by atoms with Gasteiger partial charge in [0.25, 0.3) is 0 Å². The molecule has 1 aromatic rings. The van der Waals surface area contributed by atoms with Crippen molar-refractivity contribution in [3.05, 3.63) is 35.1 Å². The Bertz CT molecular complexity index is 312. The van der Waals surface area contributed by atoms with Crippen LogP contribution in [0.1, 0.15) is 11.1 Å². The molecule has 0 saturated carbocycles. The maximum atomic E-state index is 12.8. The van der Waals surface area contributed by atoms with Gasteiger partial charge in [-0.3, -0.25) is 0 Å². The van der Waals surface area contributed by atoms with E-state index in [1.165, 1.54) is 6.07 Å². The fourth-order valence-corrected chi connectivity index (χ4v) is 1.15. The van der Waals surface area contributed by atoms with Gasteiger partial charge in [-0.2, -0.15) is 0 Å². The summed E-state index contributed by atoms with van der Waals surface area (Å²) in [6.45, 7) is 1.69. The first kappa shape index (κ1) is 9.86. The molecule has 1 aromatic carbocycles. The summed E-state index contributed by atoms with van der Waals surface area (Å²) in [6.07, 6.45) is 1.16. The summed E-state index contributed by atoms with van der Waals surface area (Å²) in [7, 11) is 0. The third-order valence-electron chi connectivity index (χ3n) is 1.87. The van der Waals surface area contributed by atoms with Crippen LogP contribution >= 0.6 is 0 Å². The zero-order valence-electron chi connectivity index (χ0n) is 7.46. The summed E-state index contributed by atoms with van der Waals surface area (Å²) in [4.78, 5) is 10.3. The van der Waals surface area contributed by atoms with E-state index in [0.717, 1.165) is 5.56 Å². The highest BCUT2D eigenvalue weighted by Crippen LogP contribution is 2.10. The Morgan fingerprint density at radius 1 is 1.62 bits per heavy atom. The summed E-state index contributed by atoms with van der Waals surface area (Å²) in [5.74, 6) is -0.233. The van der Waals surface area contributed by atoms with Crippen molar-refractivity contribution in [2.75, 3.05) is 0 Å². The molecular weight excluding hydrogens is 169 g/mol. The van der Waals surface area contributed by atoms with Gasteiger partial charge in [0.15, 0.2) is 0 Å². The molecule has 0 aliphatic carbocycles. The average Bonchev–Trinajstić information content (AvgIpc) is 2.11. The Hall–Kier alpha value is -1.22. The number of aldehydes is 1. The van der Waals surface area contributed by atoms with Crippen LogP contribution in [0.4, 0.5) is 4.39 Å². The van der Waals surface area contributed by atoms with Crippen LogP contribution in [0.3, 0.4) is 0 Å². The standard InChI is InChI=1S/C10H12FNO/c1-7-4-8(2-3-10(7)11)5-9(12)6-13/h2-4,6,9H,5,12H2,1H3/t9-/m0/s1. The van der Waals surface area contributed by atoms with E-state index in [1.54, 1.807) is 19.1 Å². The molecule has 0 aliphatic rings. The largest absolute Gasteiger partial charge is 0.321 e. The first-order valence-electron chi connectivity index (χ1n) is 4.09. The van der Waals surface area contributed by atoms with Crippen LogP contribution in [-0.4, -0.2) is 12.3 Å². The molecule has 0 heterocycles. The van der Waals surface area contributed by atoms with Gasteiger partial charge in [-0.25, -0.2) is 4.39 Å². The molecule has 3 heteroatoms. The minimum absolute atomic E-state index is 0.233. The Morgan fingerprint density at radius 3 is 2.85 bits per heavy atom. The number of nitrogens with two attached hydrogens (primary N) is 1. The number of halogens is 1. The molecule has 0 radical (unpaired) electrons. The van der Waals surface area contributed by atoms with Crippen molar-refractivity contribution >= 4 is 6.29 Å². The van der Waals surface area contributed by atoms with E-state index in [4.69, 9.17) is 5.73 Å². The van der Waals surface area contributed by atoms with Crippen molar-refractivity contribution in [2.24, 2.45) is 5.73 Å². The molecule has 0 fully saturated rings. The zero-order chi connectivity index (χ0) is 9.84. The first-order chi connectivity index (χ1) is 6.13. The molecule has 0 bridgehead atoms. The molecule has 2 nitrogen and oxygen atoms in total. The molecule has 0 aliphatic heterocycles. The van der Waals surface area contributed by atoms with Crippen molar-refractivity contribution < 1.29 is 9.18 Å². The van der Waals surface area contributed by atoms with Crippen molar-refractivity contribution in [2.45, 2.75) is 19.4 Å². The Morgan fingerprint density at radius 2 is 2.31 bits per heavy atom. The molecule has 0 aromatic heterocycles. The second-order valence-corrected chi connectivity index (χ2v) is 3.09. The lowest BCUT2D eigenvalue weighted by atomic mass is 10.0. The highest BCUT2D eigenvalue weighted by atomic mass is 19.1. The quantitative estimate of drug-likeness (QED) is 0.712. The second kappa shape index (κ2) is 4.14. The van der Waals surface area contributed by atoms with E-state index in [9.17, 15) is 9.18 Å². The molecule has 0 saturated heterocycles. The van der Waals surface area contributed by atoms with Crippen molar-refractivity contribution in [1.29, 1.82) is 0 Å². The summed E-state index contributed by atoms with van der Waals surface area (Å²) >= 11 is 0. The number of carbonyl (C=O) groups excluding carboxylic acids is 1. The van der Waals surface area contributed by atoms with Crippen molar-refractivity contribution in [1.82, 2.24) is 0 Å². The van der Waals surface area contributed by atoms with Crippen LogP contribution in [0.2, 0.25) is 0 Å². The highest BCUT2D eigenvalue weighted by Gasteiger charge is 2.03. The number of benzene rings is 1. The predicted octanol–water partition coefficient (Wildman–Crippen LogP) is 1.20. The summed E-state index contributed by atoms with van der Waals surface area (Å²) < 4.78 is 12.8. The Balaban J connectivity index is 2.79. The molecule has 0 amide bonds. The van der Waals surface area contributed by atoms with Crippen molar-refractivity contribution in [3.8, 4) is 0 Å². The lowest BCUT2D eigenvalue weighted by Crippen LogP contribution is -2.24. The van der Waals surface area contributed by atoms with Gasteiger partial charge >= 0.3 is 0 Å². The number of hydrogen-bond donors (Lipinski definition) is 1. The van der Waals surface area contributed by atoms with Gasteiger partial charge in [-0.05, 0) is 30.5 Å². The highest BCUT2D eigenvalue weighted by molar-refractivity contribution is 5.57. The fraction of sp³-hybridized carbons (Fsp3) is 0.300. The molecular formula is C10H12FNO. The van der Waals surface area contributed by atoms with E-state index in [-0.39, 0.29) is 5.82 Å². The number of aryl methyl sites for hydroxylation is 1. The molecule has 70 valence electrons. The second-order valence-electron chi connectivity index (χ2n) is 3.09. The third kappa shape index (κ3) is 2.63. The van der Waals surface area contributed by atoms with Gasteiger partial charge < -0.3 is 10.5 Å². The molecule has 2 N–H and O–H groups in total. The molecule has 13 heavy (non-hydrogen) atoms. The van der Waals surface area contributed by atoms with Crippen LogP contribution in [-0.2, 0) is 11.2 Å². The number of carbonyl (C=O) groups is 1. The van der Waals surface area contributed by atoms with E-state index in [1.807, 2.05) is 0 Å². The zero-order valence-corrected chi connectivity index (χ0v) is 7.46. The van der Waals surface area contributed by atoms with Crippen LogP contribution in [0.15, 0.2) is 18.2 Å². The van der Waals surface area contributed by atoms with Gasteiger partial charge in [0.1, 0.15) is 12.1 Å². The van der Waals surface area contributed by atoms with E-state index in [0.29, 0.717) is 18.3 Å². The van der Waals surface area contributed by atoms with Crippen LogP contribution < -0.4 is 5.73 Å². The van der Waals surface area contributed by atoms with E-state index in [2.05, 4.69) is 0 Å². The van der Waals surface area contributed by atoms with Gasteiger partial charge in [0.05, 0.1) is 6.04 Å². The minimum atomic E-state index is -0.495. The SMILES string of the molecule is Cc1cc(C[C@H](N)C=O)ccc1F. The van der Waals surface area contributed by atoms with E-state index < -0.39 is 6.04 Å². The molecule has 0 spiro atoms. The Labute approximate surface area is 76.6 Å². The van der Waals surface area contributed by atoms with Gasteiger partial charge in [0, 0.05) is 0 Å². The summed E-state index contributed by atoms with van der Waals surface area (Å²) in [5.41, 5.74) is 6.90. The average molecular weight is 181 g/mol. The Kier molecular flexibility index (Phi) is 3.14. The van der Waals surface area contributed by atoms with Gasteiger partial charge in [-0.1, -0.05) is 12.1 Å².